The zero-order chi connectivity index (χ0) is 15.1. The van der Waals surface area contributed by atoms with Gasteiger partial charge in [-0.05, 0) is 12.5 Å². The third kappa shape index (κ3) is 1.99. The van der Waals surface area contributed by atoms with Crippen molar-refractivity contribution >= 4 is 15.7 Å². The lowest BCUT2D eigenvalue weighted by Gasteiger charge is -2.28. The van der Waals surface area contributed by atoms with Gasteiger partial charge >= 0.3 is 0 Å². The number of hydrogen-bond acceptors (Lipinski definition) is 5. The molecule has 1 aromatic carbocycles. The molecule has 0 radical (unpaired) electrons. The number of primary sulfonamides is 1. The Morgan fingerprint density at radius 2 is 1.90 bits per heavy atom. The summed E-state index contributed by atoms with van der Waals surface area (Å²) in [6.45, 7) is 1.55. The Hall–Kier alpha value is -2.32. The molecular formula is C13H13N5O2S. The fourth-order valence-electron chi connectivity index (χ4n) is 2.32. The first-order valence-electron chi connectivity index (χ1n) is 6.16. The van der Waals surface area contributed by atoms with Gasteiger partial charge in [0.05, 0.1) is 11.9 Å². The normalized spacial score (nSPS) is 15.0. The maximum Gasteiger partial charge on any atom is 0.224 e. The van der Waals surface area contributed by atoms with Crippen LogP contribution < -0.4 is 5.14 Å². The van der Waals surface area contributed by atoms with Crippen LogP contribution in [-0.4, -0.2) is 28.0 Å². The van der Waals surface area contributed by atoms with Crippen LogP contribution in [0.5, 0.6) is 0 Å². The zero-order valence-corrected chi connectivity index (χ0v) is 12.0. The highest BCUT2D eigenvalue weighted by atomic mass is 32.2. The second-order valence-electron chi connectivity index (χ2n) is 4.80. The van der Waals surface area contributed by atoms with Crippen molar-refractivity contribution < 1.29 is 8.42 Å². The molecule has 1 atom stereocenters. The summed E-state index contributed by atoms with van der Waals surface area (Å²) in [6, 6.07) is 8.77. The number of rotatable bonds is 3. The van der Waals surface area contributed by atoms with Gasteiger partial charge in [-0.15, -0.1) is 10.2 Å². The summed E-state index contributed by atoms with van der Waals surface area (Å²) >= 11 is 0. The van der Waals surface area contributed by atoms with E-state index in [2.05, 4.69) is 15.2 Å². The van der Waals surface area contributed by atoms with Crippen LogP contribution in [0.15, 0.2) is 49.1 Å². The average Bonchev–Trinajstić information content (AvgIpc) is 2.94. The van der Waals surface area contributed by atoms with Crippen LogP contribution in [0.3, 0.4) is 0 Å². The fraction of sp³-hybridized carbons (Fsp3) is 0.154. The molecule has 0 aliphatic heterocycles. The molecule has 0 saturated heterocycles. The summed E-state index contributed by atoms with van der Waals surface area (Å²) in [6.07, 6.45) is 4.41. The zero-order valence-electron chi connectivity index (χ0n) is 11.2. The lowest BCUT2D eigenvalue weighted by molar-refractivity contribution is 0.560. The molecule has 2 heterocycles. The summed E-state index contributed by atoms with van der Waals surface area (Å²) in [5.74, 6) is 0. The molecule has 0 saturated carbocycles. The van der Waals surface area contributed by atoms with Crippen molar-refractivity contribution in [3.8, 4) is 0 Å². The second kappa shape index (κ2) is 4.61. The highest BCUT2D eigenvalue weighted by Gasteiger charge is 2.42. The molecule has 8 heteroatoms. The first-order valence-corrected chi connectivity index (χ1v) is 7.71. The van der Waals surface area contributed by atoms with Crippen molar-refractivity contribution in [1.29, 1.82) is 0 Å². The quantitative estimate of drug-likeness (QED) is 0.766. The second-order valence-corrected chi connectivity index (χ2v) is 6.70. The van der Waals surface area contributed by atoms with Crippen LogP contribution >= 0.6 is 0 Å². The molecule has 21 heavy (non-hydrogen) atoms. The Morgan fingerprint density at radius 3 is 2.57 bits per heavy atom. The maximum absolute atomic E-state index is 12.3. The molecule has 0 spiro atoms. The smallest absolute Gasteiger partial charge is 0.224 e. The van der Waals surface area contributed by atoms with Gasteiger partial charge in [-0.3, -0.25) is 9.38 Å². The van der Waals surface area contributed by atoms with Crippen LogP contribution in [0.1, 0.15) is 18.2 Å². The minimum absolute atomic E-state index is 0.388. The van der Waals surface area contributed by atoms with Gasteiger partial charge in [-0.25, -0.2) is 13.6 Å². The Balaban J connectivity index is 2.40. The maximum atomic E-state index is 12.3. The molecular weight excluding hydrogens is 290 g/mol. The number of fused-ring (bicyclic) bond motifs is 1. The minimum Gasteiger partial charge on any atom is -0.281 e. The molecule has 2 aromatic heterocycles. The standard InChI is InChI=1S/C13H13N5O2S/c1-13(21(14,19)20,10-5-3-2-4-6-10)11-7-15-8-12-17-16-9-18(11)12/h2-9H,1H3,(H2,14,19,20). The molecule has 108 valence electrons. The monoisotopic (exact) mass is 303 g/mol. The summed E-state index contributed by atoms with van der Waals surface area (Å²) in [7, 11) is -3.96. The van der Waals surface area contributed by atoms with Gasteiger partial charge in [0.15, 0.2) is 5.65 Å². The Labute approximate surface area is 121 Å². The van der Waals surface area contributed by atoms with Crippen LogP contribution in [0, 0.1) is 0 Å². The average molecular weight is 303 g/mol. The Morgan fingerprint density at radius 1 is 1.19 bits per heavy atom. The van der Waals surface area contributed by atoms with Crippen molar-refractivity contribution in [3.05, 3.63) is 60.3 Å². The Kier molecular flexibility index (Phi) is 2.99. The van der Waals surface area contributed by atoms with Crippen molar-refractivity contribution in [3.63, 3.8) is 0 Å². The van der Waals surface area contributed by atoms with Gasteiger partial charge in [-0.2, -0.15) is 0 Å². The van der Waals surface area contributed by atoms with E-state index in [1.165, 1.54) is 18.7 Å². The van der Waals surface area contributed by atoms with Crippen molar-refractivity contribution in [2.75, 3.05) is 0 Å². The van der Waals surface area contributed by atoms with Gasteiger partial charge < -0.3 is 0 Å². The summed E-state index contributed by atoms with van der Waals surface area (Å²) in [4.78, 5) is 4.05. The first-order chi connectivity index (χ1) is 9.94. The van der Waals surface area contributed by atoms with E-state index < -0.39 is 14.8 Å². The van der Waals surface area contributed by atoms with E-state index in [4.69, 9.17) is 5.14 Å². The highest BCUT2D eigenvalue weighted by molar-refractivity contribution is 7.90. The van der Waals surface area contributed by atoms with Crippen LogP contribution in [0.2, 0.25) is 0 Å². The van der Waals surface area contributed by atoms with E-state index in [0.717, 1.165) is 0 Å². The minimum atomic E-state index is -3.96. The lowest BCUT2D eigenvalue weighted by Crippen LogP contribution is -2.40. The van der Waals surface area contributed by atoms with E-state index in [1.54, 1.807) is 35.6 Å². The first kappa shape index (κ1) is 13.7. The van der Waals surface area contributed by atoms with E-state index in [1.807, 2.05) is 6.07 Å². The van der Waals surface area contributed by atoms with Crippen LogP contribution in [0.25, 0.3) is 5.65 Å². The number of hydrogen-bond donors (Lipinski definition) is 1. The third-order valence-corrected chi connectivity index (χ3v) is 5.19. The topological polar surface area (TPSA) is 103 Å². The van der Waals surface area contributed by atoms with Crippen molar-refractivity contribution in [2.45, 2.75) is 11.7 Å². The highest BCUT2D eigenvalue weighted by Crippen LogP contribution is 2.35. The summed E-state index contributed by atoms with van der Waals surface area (Å²) in [5, 5.41) is 13.2. The van der Waals surface area contributed by atoms with Gasteiger partial charge in [-0.1, -0.05) is 30.3 Å². The molecule has 0 aliphatic carbocycles. The molecule has 2 N–H and O–H groups in total. The summed E-state index contributed by atoms with van der Waals surface area (Å²) < 4.78 is 24.7. The van der Waals surface area contributed by atoms with Crippen LogP contribution in [0.4, 0.5) is 0 Å². The van der Waals surface area contributed by atoms with Crippen LogP contribution in [-0.2, 0) is 14.8 Å². The number of aromatic nitrogens is 4. The molecule has 3 rings (SSSR count). The van der Waals surface area contributed by atoms with Crippen molar-refractivity contribution in [2.24, 2.45) is 5.14 Å². The van der Waals surface area contributed by atoms with Crippen molar-refractivity contribution in [1.82, 2.24) is 19.6 Å². The van der Waals surface area contributed by atoms with E-state index >= 15 is 0 Å². The van der Waals surface area contributed by atoms with Gasteiger partial charge in [0.25, 0.3) is 0 Å². The predicted molar refractivity (Wildman–Crippen MR) is 76.8 cm³/mol. The molecule has 0 bridgehead atoms. The SMILES string of the molecule is CC(c1ccccc1)(c1cncc2nncn12)S(N)(=O)=O. The predicted octanol–water partition coefficient (Wildman–Crippen LogP) is 0.676. The molecule has 0 aliphatic rings. The molecule has 3 aromatic rings. The van der Waals surface area contributed by atoms with Gasteiger partial charge in [0, 0.05) is 6.20 Å². The van der Waals surface area contributed by atoms with Gasteiger partial charge in [0.1, 0.15) is 11.1 Å². The Bertz CT molecular complexity index is 891. The largest absolute Gasteiger partial charge is 0.281 e. The lowest BCUT2D eigenvalue weighted by atomic mass is 9.97. The van der Waals surface area contributed by atoms with E-state index in [0.29, 0.717) is 16.9 Å². The number of benzene rings is 1. The van der Waals surface area contributed by atoms with E-state index in [9.17, 15) is 8.42 Å². The molecule has 0 fully saturated rings. The van der Waals surface area contributed by atoms with Gasteiger partial charge in [0.2, 0.25) is 10.0 Å². The summed E-state index contributed by atoms with van der Waals surface area (Å²) in [5.41, 5.74) is 1.40. The molecule has 1 unspecified atom stereocenters. The molecule has 7 nitrogen and oxygen atoms in total. The van der Waals surface area contributed by atoms with E-state index in [-0.39, 0.29) is 0 Å². The molecule has 0 amide bonds. The number of nitrogens with zero attached hydrogens (tertiary/aromatic N) is 4. The third-order valence-electron chi connectivity index (χ3n) is 3.60. The number of sulfonamides is 1. The number of nitrogens with two attached hydrogens (primary N) is 1. The fourth-order valence-corrected chi connectivity index (χ4v) is 3.23.